The van der Waals surface area contributed by atoms with E-state index in [9.17, 15) is 8.42 Å². The Morgan fingerprint density at radius 1 is 1.27 bits per heavy atom. The zero-order valence-corrected chi connectivity index (χ0v) is 13.7. The van der Waals surface area contributed by atoms with Crippen molar-refractivity contribution in [2.24, 2.45) is 0 Å². The number of rotatable bonds is 4. The van der Waals surface area contributed by atoms with Crippen molar-refractivity contribution in [3.8, 4) is 5.75 Å². The topological polar surface area (TPSA) is 107 Å². The fraction of sp³-hybridized carbons (Fsp3) is 0.357. The first-order valence-electron chi connectivity index (χ1n) is 6.57. The van der Waals surface area contributed by atoms with E-state index in [-0.39, 0.29) is 21.9 Å². The molecule has 2 rings (SSSR count). The number of hydrogen-bond acceptors (Lipinski definition) is 6. The van der Waals surface area contributed by atoms with E-state index in [0.29, 0.717) is 11.4 Å². The lowest BCUT2D eigenvalue weighted by Gasteiger charge is -2.12. The van der Waals surface area contributed by atoms with Crippen molar-refractivity contribution < 1.29 is 17.7 Å². The lowest BCUT2D eigenvalue weighted by atomic mass is 9.93. The van der Waals surface area contributed by atoms with Gasteiger partial charge in [0.25, 0.3) is 15.1 Å². The molecule has 0 bridgehead atoms. The maximum absolute atomic E-state index is 12.4. The van der Waals surface area contributed by atoms with Gasteiger partial charge in [-0.25, -0.2) is 0 Å². The van der Waals surface area contributed by atoms with Gasteiger partial charge >= 0.3 is 0 Å². The number of ether oxygens (including phenoxy) is 1. The molecule has 1 aromatic carbocycles. The second-order valence-corrected chi connectivity index (χ2v) is 7.45. The summed E-state index contributed by atoms with van der Waals surface area (Å²) < 4.78 is 37.1. The smallest absolute Gasteiger partial charge is 0.298 e. The Kier molecular flexibility index (Phi) is 4.06. The molecule has 0 amide bonds. The minimum absolute atomic E-state index is 0.216. The highest BCUT2D eigenvalue weighted by Crippen LogP contribution is 2.28. The minimum Gasteiger partial charge on any atom is -0.497 e. The summed E-state index contributed by atoms with van der Waals surface area (Å²) in [7, 11) is -2.43. The van der Waals surface area contributed by atoms with Crippen LogP contribution in [-0.2, 0) is 15.4 Å². The molecule has 0 unspecified atom stereocenters. The standard InChI is InChI=1S/C14H19N3O4S/c1-14(2,3)12-8-13(21-16-12)22(18,19)17-11-7-9(20-4)5-6-10(11)15/h5-8,17H,15H2,1-4H3. The zero-order valence-electron chi connectivity index (χ0n) is 12.9. The molecule has 0 saturated carbocycles. The highest BCUT2D eigenvalue weighted by Gasteiger charge is 2.26. The van der Waals surface area contributed by atoms with Crippen LogP contribution in [0.3, 0.4) is 0 Å². The summed E-state index contributed by atoms with van der Waals surface area (Å²) in [6.07, 6.45) is 0. The minimum atomic E-state index is -3.91. The highest BCUT2D eigenvalue weighted by molar-refractivity contribution is 7.92. The SMILES string of the molecule is COc1ccc(N)c(NS(=O)(=O)c2cc(C(C)(C)C)no2)c1. The van der Waals surface area contributed by atoms with E-state index in [4.69, 9.17) is 15.0 Å². The Labute approximate surface area is 129 Å². The summed E-state index contributed by atoms with van der Waals surface area (Å²) in [6, 6.07) is 6.09. The predicted molar refractivity (Wildman–Crippen MR) is 83.4 cm³/mol. The molecular weight excluding hydrogens is 306 g/mol. The van der Waals surface area contributed by atoms with Crippen LogP contribution in [0.1, 0.15) is 26.5 Å². The van der Waals surface area contributed by atoms with Crippen LogP contribution in [0.4, 0.5) is 11.4 Å². The van der Waals surface area contributed by atoms with Crippen molar-refractivity contribution in [1.29, 1.82) is 0 Å². The predicted octanol–water partition coefficient (Wildman–Crippen LogP) is 2.36. The maximum atomic E-state index is 12.4. The van der Waals surface area contributed by atoms with Crippen molar-refractivity contribution in [3.63, 3.8) is 0 Å². The van der Waals surface area contributed by atoms with Crippen LogP contribution in [0, 0.1) is 0 Å². The van der Waals surface area contributed by atoms with E-state index in [2.05, 4.69) is 9.88 Å². The Morgan fingerprint density at radius 3 is 2.50 bits per heavy atom. The van der Waals surface area contributed by atoms with Crippen LogP contribution in [0.25, 0.3) is 0 Å². The number of nitrogen functional groups attached to an aromatic ring is 1. The van der Waals surface area contributed by atoms with Crippen molar-refractivity contribution in [1.82, 2.24) is 5.16 Å². The average Bonchev–Trinajstić information content (AvgIpc) is 2.91. The molecule has 0 atom stereocenters. The number of hydrogen-bond donors (Lipinski definition) is 2. The molecule has 22 heavy (non-hydrogen) atoms. The number of nitrogens with two attached hydrogens (primary N) is 1. The average molecular weight is 325 g/mol. The van der Waals surface area contributed by atoms with Crippen molar-refractivity contribution >= 4 is 21.4 Å². The molecule has 2 aromatic rings. The monoisotopic (exact) mass is 325 g/mol. The maximum Gasteiger partial charge on any atom is 0.298 e. The van der Waals surface area contributed by atoms with Gasteiger partial charge in [0.05, 0.1) is 24.2 Å². The molecular formula is C14H19N3O4S. The number of nitrogens with zero attached hydrogens (tertiary/aromatic N) is 1. The third-order valence-corrected chi connectivity index (χ3v) is 4.24. The second-order valence-electron chi connectivity index (χ2n) is 5.84. The molecule has 0 saturated heterocycles. The summed E-state index contributed by atoms with van der Waals surface area (Å²) in [5.74, 6) is 0.486. The number of aromatic nitrogens is 1. The number of anilines is 2. The molecule has 0 aliphatic rings. The molecule has 1 aromatic heterocycles. The number of sulfonamides is 1. The summed E-state index contributed by atoms with van der Waals surface area (Å²) >= 11 is 0. The summed E-state index contributed by atoms with van der Waals surface area (Å²) in [6.45, 7) is 5.73. The van der Waals surface area contributed by atoms with Gasteiger partial charge in [0.2, 0.25) is 0 Å². The van der Waals surface area contributed by atoms with Gasteiger partial charge in [-0.05, 0) is 12.1 Å². The highest BCUT2D eigenvalue weighted by atomic mass is 32.2. The van der Waals surface area contributed by atoms with E-state index >= 15 is 0 Å². The third-order valence-electron chi connectivity index (χ3n) is 3.03. The van der Waals surface area contributed by atoms with Gasteiger partial charge in [-0.15, -0.1) is 0 Å². The third kappa shape index (κ3) is 3.33. The lowest BCUT2D eigenvalue weighted by molar-refractivity contribution is 0.327. The van der Waals surface area contributed by atoms with Gasteiger partial charge in [-0.3, -0.25) is 4.72 Å². The quantitative estimate of drug-likeness (QED) is 0.836. The van der Waals surface area contributed by atoms with Crippen molar-refractivity contribution in [2.45, 2.75) is 31.3 Å². The first-order valence-corrected chi connectivity index (χ1v) is 8.05. The van der Waals surface area contributed by atoms with Crippen LogP contribution in [0.5, 0.6) is 5.75 Å². The fourth-order valence-corrected chi connectivity index (χ4v) is 2.65. The van der Waals surface area contributed by atoms with Gasteiger partial charge in [0.1, 0.15) is 5.75 Å². The molecule has 0 spiro atoms. The molecule has 120 valence electrons. The van der Waals surface area contributed by atoms with Crippen molar-refractivity contribution in [2.75, 3.05) is 17.6 Å². The normalized spacial score (nSPS) is 12.2. The number of methoxy groups -OCH3 is 1. The molecule has 0 fully saturated rings. The molecule has 1 heterocycles. The zero-order chi connectivity index (χ0) is 16.5. The van der Waals surface area contributed by atoms with Crippen LogP contribution < -0.4 is 15.2 Å². The van der Waals surface area contributed by atoms with E-state index < -0.39 is 10.0 Å². The van der Waals surface area contributed by atoms with Crippen molar-refractivity contribution in [3.05, 3.63) is 30.0 Å². The molecule has 3 N–H and O–H groups in total. The molecule has 0 aliphatic heterocycles. The lowest BCUT2D eigenvalue weighted by Crippen LogP contribution is -2.14. The summed E-state index contributed by atoms with van der Waals surface area (Å²) in [5, 5.41) is 3.54. The van der Waals surface area contributed by atoms with Gasteiger partial charge in [0, 0.05) is 17.5 Å². The van der Waals surface area contributed by atoms with Crippen LogP contribution in [0.2, 0.25) is 0 Å². The van der Waals surface area contributed by atoms with Crippen LogP contribution in [-0.4, -0.2) is 20.7 Å². The molecule has 8 heteroatoms. The van der Waals surface area contributed by atoms with Gasteiger partial charge in [-0.2, -0.15) is 8.42 Å². The Balaban J connectivity index is 2.34. The summed E-state index contributed by atoms with van der Waals surface area (Å²) in [4.78, 5) is 0. The van der Waals surface area contributed by atoms with E-state index in [0.717, 1.165) is 0 Å². The summed E-state index contributed by atoms with van der Waals surface area (Å²) in [5.41, 5.74) is 6.50. The second kappa shape index (κ2) is 5.53. The number of nitrogens with one attached hydrogen (secondary N) is 1. The van der Waals surface area contributed by atoms with E-state index in [1.807, 2.05) is 20.8 Å². The first kappa shape index (κ1) is 16.2. The largest absolute Gasteiger partial charge is 0.497 e. The van der Waals surface area contributed by atoms with Crippen LogP contribution in [0.15, 0.2) is 33.9 Å². The Hall–Kier alpha value is -2.22. The van der Waals surface area contributed by atoms with Crippen LogP contribution >= 0.6 is 0 Å². The van der Waals surface area contributed by atoms with Gasteiger partial charge in [0.15, 0.2) is 0 Å². The first-order chi connectivity index (χ1) is 10.1. The van der Waals surface area contributed by atoms with E-state index in [1.54, 1.807) is 12.1 Å². The Morgan fingerprint density at radius 2 is 1.95 bits per heavy atom. The van der Waals surface area contributed by atoms with Gasteiger partial charge in [-0.1, -0.05) is 25.9 Å². The number of benzene rings is 1. The molecule has 0 radical (unpaired) electrons. The fourth-order valence-electron chi connectivity index (χ4n) is 1.68. The Bertz CT molecular complexity index is 776. The van der Waals surface area contributed by atoms with Gasteiger partial charge < -0.3 is 15.0 Å². The molecule has 0 aliphatic carbocycles. The van der Waals surface area contributed by atoms with E-state index in [1.165, 1.54) is 19.2 Å². The molecule has 7 nitrogen and oxygen atoms in total.